The Morgan fingerprint density at radius 3 is 1.27 bits per heavy atom. The number of hydrogen-bond donors (Lipinski definition) is 1. The summed E-state index contributed by atoms with van der Waals surface area (Å²) in [6.07, 6.45) is -13.4. The molecule has 2 aliphatic heterocycles. The van der Waals surface area contributed by atoms with E-state index in [4.69, 9.17) is 47.4 Å². The number of hydrogen-bond acceptors (Lipinski definition) is 18. The van der Waals surface area contributed by atoms with Crippen molar-refractivity contribution in [2.75, 3.05) is 13.2 Å². The maximum absolute atomic E-state index is 12.2. The summed E-state index contributed by atoms with van der Waals surface area (Å²) in [5, 5.41) is 0. The van der Waals surface area contributed by atoms with E-state index in [1.165, 1.54) is 0 Å². The second-order valence-electron chi connectivity index (χ2n) is 9.68. The Balaban J connectivity index is 2.66. The third-order valence-corrected chi connectivity index (χ3v) is 6.32. The molecule has 2 fully saturated rings. The molecule has 0 aliphatic carbocycles. The Bertz CT molecular complexity index is 1090. The van der Waals surface area contributed by atoms with Gasteiger partial charge in [0.25, 0.3) is 0 Å². The molecule has 0 saturated carbocycles. The lowest BCUT2D eigenvalue weighted by Gasteiger charge is -2.48. The molecule has 0 radical (unpaired) electrons. The minimum Gasteiger partial charge on any atom is -0.463 e. The molecule has 2 heterocycles. The van der Waals surface area contributed by atoms with Gasteiger partial charge in [0.2, 0.25) is 0 Å². The molecule has 0 bridgehead atoms. The summed E-state index contributed by atoms with van der Waals surface area (Å²) in [5.41, 5.74) is -1.21. The maximum Gasteiger partial charge on any atom is 0.303 e. The molecule has 0 spiro atoms. The lowest BCUT2D eigenvalue weighted by molar-refractivity contribution is -0.341. The molecule has 10 atom stereocenters. The molecule has 2 saturated heterocycles. The maximum atomic E-state index is 12.2. The SMILES string of the molecule is CC(=O)OCC1OC(S)C(OC(C)=O)C(OC(C)=O)C1OC1OC(COC(C)=O)C(OC(C)=O)C(OC(C)=O)C1OC(C)=O. The largest absolute Gasteiger partial charge is 0.463 e. The Labute approximate surface area is 257 Å². The summed E-state index contributed by atoms with van der Waals surface area (Å²) in [6, 6.07) is 0. The van der Waals surface area contributed by atoms with Gasteiger partial charge >= 0.3 is 41.8 Å². The molecule has 10 unspecified atom stereocenters. The topological polar surface area (TPSA) is 212 Å². The highest BCUT2D eigenvalue weighted by Crippen LogP contribution is 2.35. The van der Waals surface area contributed by atoms with Gasteiger partial charge in [-0.05, 0) is 0 Å². The molecule has 0 aromatic carbocycles. The van der Waals surface area contributed by atoms with Gasteiger partial charge in [-0.1, -0.05) is 0 Å². The number of rotatable bonds is 11. The van der Waals surface area contributed by atoms with Crippen LogP contribution in [-0.4, -0.2) is 116 Å². The molecule has 2 aliphatic rings. The average molecular weight is 653 g/mol. The van der Waals surface area contributed by atoms with E-state index >= 15 is 0 Å². The van der Waals surface area contributed by atoms with Crippen LogP contribution in [0.25, 0.3) is 0 Å². The first-order chi connectivity index (χ1) is 20.5. The van der Waals surface area contributed by atoms with Crippen LogP contribution in [-0.2, 0) is 80.9 Å². The third-order valence-electron chi connectivity index (χ3n) is 5.90. The Kier molecular flexibility index (Phi) is 13.8. The molecular weight excluding hydrogens is 616 g/mol. The van der Waals surface area contributed by atoms with Crippen LogP contribution in [0.3, 0.4) is 0 Å². The van der Waals surface area contributed by atoms with Crippen LogP contribution < -0.4 is 0 Å². The van der Waals surface area contributed by atoms with E-state index in [1.807, 2.05) is 0 Å². The van der Waals surface area contributed by atoms with E-state index in [0.717, 1.165) is 48.5 Å². The number of esters is 7. The zero-order chi connectivity index (χ0) is 33.3. The van der Waals surface area contributed by atoms with Crippen molar-refractivity contribution in [2.45, 2.75) is 109 Å². The second kappa shape index (κ2) is 16.6. The van der Waals surface area contributed by atoms with Gasteiger partial charge in [-0.25, -0.2) is 0 Å². The molecular formula is C26H36O17S. The van der Waals surface area contributed by atoms with E-state index in [-0.39, 0.29) is 0 Å². The number of thiol groups is 1. The Morgan fingerprint density at radius 1 is 0.477 bits per heavy atom. The van der Waals surface area contributed by atoms with E-state index in [2.05, 4.69) is 12.6 Å². The van der Waals surface area contributed by atoms with Gasteiger partial charge in [0, 0.05) is 48.5 Å². The first kappa shape index (κ1) is 36.7. The van der Waals surface area contributed by atoms with Crippen molar-refractivity contribution < 1.29 is 80.9 Å². The monoisotopic (exact) mass is 652 g/mol. The molecule has 17 nitrogen and oxygen atoms in total. The van der Waals surface area contributed by atoms with E-state index < -0.39 is 116 Å². The standard InChI is InChI=1S/C26H36O17S/c1-10(27)34-8-17-19(36-12(3)29)21(37-13(4)30)23(39-15(6)32)25(41-17)43-20-18(9-35-11(2)28)42-26(44)24(40-16(7)33)22(20)38-14(5)31/h17-26,44H,8-9H2,1-7H3. The molecule has 44 heavy (non-hydrogen) atoms. The fourth-order valence-corrected chi connectivity index (χ4v) is 4.88. The van der Waals surface area contributed by atoms with Gasteiger partial charge < -0.3 is 47.4 Å². The van der Waals surface area contributed by atoms with Gasteiger partial charge in [0.05, 0.1) is 0 Å². The zero-order valence-electron chi connectivity index (χ0n) is 25.1. The Hall–Kier alpha value is -3.48. The fourth-order valence-electron chi connectivity index (χ4n) is 4.49. The van der Waals surface area contributed by atoms with E-state index in [9.17, 15) is 33.6 Å². The molecule has 18 heteroatoms. The fraction of sp³-hybridized carbons (Fsp3) is 0.731. The van der Waals surface area contributed by atoms with Crippen molar-refractivity contribution in [3.05, 3.63) is 0 Å². The second-order valence-corrected chi connectivity index (χ2v) is 10.2. The highest BCUT2D eigenvalue weighted by Gasteiger charge is 2.57. The lowest BCUT2D eigenvalue weighted by Crippen LogP contribution is -2.66. The van der Waals surface area contributed by atoms with Crippen molar-refractivity contribution >= 4 is 54.4 Å². The number of ether oxygens (including phenoxy) is 10. The van der Waals surface area contributed by atoms with Gasteiger partial charge in [0.1, 0.15) is 37.0 Å². The third kappa shape index (κ3) is 10.9. The summed E-state index contributed by atoms with van der Waals surface area (Å²) >= 11 is 4.30. The van der Waals surface area contributed by atoms with E-state index in [0.29, 0.717) is 0 Å². The normalized spacial score (nSPS) is 31.5. The summed E-state index contributed by atoms with van der Waals surface area (Å²) in [4.78, 5) is 83.7. The zero-order valence-corrected chi connectivity index (χ0v) is 26.0. The van der Waals surface area contributed by atoms with Crippen LogP contribution in [0.4, 0.5) is 0 Å². The van der Waals surface area contributed by atoms with Crippen LogP contribution >= 0.6 is 12.6 Å². The quantitative estimate of drug-likeness (QED) is 0.170. The molecule has 248 valence electrons. The highest BCUT2D eigenvalue weighted by atomic mass is 32.1. The van der Waals surface area contributed by atoms with Crippen molar-refractivity contribution in [3.8, 4) is 0 Å². The number of carbonyl (C=O) groups is 7. The summed E-state index contributed by atoms with van der Waals surface area (Å²) in [7, 11) is 0. The van der Waals surface area contributed by atoms with Gasteiger partial charge in [0.15, 0.2) is 36.8 Å². The van der Waals surface area contributed by atoms with Crippen LogP contribution in [0, 0.1) is 0 Å². The van der Waals surface area contributed by atoms with Gasteiger partial charge in [-0.3, -0.25) is 33.6 Å². The summed E-state index contributed by atoms with van der Waals surface area (Å²) in [5.74, 6) is -5.69. The van der Waals surface area contributed by atoms with Crippen LogP contribution in [0.2, 0.25) is 0 Å². The van der Waals surface area contributed by atoms with Crippen molar-refractivity contribution in [3.63, 3.8) is 0 Å². The predicted octanol–water partition coefficient (Wildman–Crippen LogP) is -0.464. The smallest absolute Gasteiger partial charge is 0.303 e. The first-order valence-corrected chi connectivity index (χ1v) is 13.8. The minimum absolute atomic E-state index is 0.479. The van der Waals surface area contributed by atoms with E-state index in [1.54, 1.807) is 0 Å². The average Bonchev–Trinajstić information content (AvgIpc) is 2.87. The summed E-state index contributed by atoms with van der Waals surface area (Å²) in [6.45, 7) is 6.50. The lowest BCUT2D eigenvalue weighted by atomic mass is 9.96. The van der Waals surface area contributed by atoms with Crippen molar-refractivity contribution in [1.29, 1.82) is 0 Å². The number of carbonyl (C=O) groups excluding carboxylic acids is 7. The van der Waals surface area contributed by atoms with Gasteiger partial charge in [-0.2, -0.15) is 0 Å². The molecule has 0 aromatic heterocycles. The van der Waals surface area contributed by atoms with Crippen LogP contribution in [0.5, 0.6) is 0 Å². The summed E-state index contributed by atoms with van der Waals surface area (Å²) < 4.78 is 55.0. The molecule has 0 amide bonds. The first-order valence-electron chi connectivity index (χ1n) is 13.3. The molecule has 0 N–H and O–H groups in total. The van der Waals surface area contributed by atoms with Gasteiger partial charge in [-0.15, -0.1) is 12.6 Å². The van der Waals surface area contributed by atoms with Crippen LogP contribution in [0.1, 0.15) is 48.5 Å². The minimum atomic E-state index is -1.74. The predicted molar refractivity (Wildman–Crippen MR) is 142 cm³/mol. The van der Waals surface area contributed by atoms with Crippen LogP contribution in [0.15, 0.2) is 0 Å². The molecule has 2 rings (SSSR count). The van der Waals surface area contributed by atoms with Crippen molar-refractivity contribution in [1.82, 2.24) is 0 Å². The van der Waals surface area contributed by atoms with Crippen molar-refractivity contribution in [2.24, 2.45) is 0 Å². The highest BCUT2D eigenvalue weighted by molar-refractivity contribution is 7.80. The Morgan fingerprint density at radius 2 is 0.841 bits per heavy atom. The molecule has 0 aromatic rings.